The molecule has 1 heterocycles. The number of hydrogen-bond acceptors (Lipinski definition) is 3. The molecule has 2 unspecified atom stereocenters. The van der Waals surface area contributed by atoms with E-state index in [2.05, 4.69) is 17.2 Å². The molecule has 1 N–H and O–H groups in total. The predicted molar refractivity (Wildman–Crippen MR) is 79.9 cm³/mol. The average Bonchev–Trinajstić information content (AvgIpc) is 2.44. The lowest BCUT2D eigenvalue weighted by Crippen LogP contribution is -2.38. The molecule has 1 fully saturated rings. The topological polar surface area (TPSA) is 42.0 Å². The van der Waals surface area contributed by atoms with Gasteiger partial charge in [0.1, 0.15) is 5.03 Å². The highest BCUT2D eigenvalue weighted by Gasteiger charge is 2.29. The van der Waals surface area contributed by atoms with Crippen molar-refractivity contribution in [2.75, 3.05) is 5.75 Å². The van der Waals surface area contributed by atoms with Crippen molar-refractivity contribution >= 4 is 17.7 Å². The van der Waals surface area contributed by atoms with Gasteiger partial charge in [-0.15, -0.1) is 0 Å². The number of nitrogens with zero attached hydrogens (tertiary/aromatic N) is 1. The van der Waals surface area contributed by atoms with Gasteiger partial charge >= 0.3 is 6.18 Å². The van der Waals surface area contributed by atoms with Gasteiger partial charge < -0.3 is 5.32 Å². The smallest absolute Gasteiger partial charge is 0.349 e. The van der Waals surface area contributed by atoms with Crippen molar-refractivity contribution in [1.82, 2.24) is 10.3 Å². The highest BCUT2D eigenvalue weighted by molar-refractivity contribution is 7.99. The van der Waals surface area contributed by atoms with Gasteiger partial charge in [0.2, 0.25) is 0 Å². The summed E-state index contributed by atoms with van der Waals surface area (Å²) in [5, 5.41) is 3.06. The summed E-state index contributed by atoms with van der Waals surface area (Å²) in [6.45, 7) is 2.15. The van der Waals surface area contributed by atoms with E-state index in [1.54, 1.807) is 6.07 Å². The molecule has 3 nitrogen and oxygen atoms in total. The normalized spacial score (nSPS) is 22.4. The van der Waals surface area contributed by atoms with Crippen LogP contribution in [0.4, 0.5) is 13.2 Å². The molecule has 1 aromatic rings. The quantitative estimate of drug-likeness (QED) is 0.846. The largest absolute Gasteiger partial charge is 0.398 e. The van der Waals surface area contributed by atoms with Crippen LogP contribution in [0.2, 0.25) is 0 Å². The van der Waals surface area contributed by atoms with Gasteiger partial charge in [-0.3, -0.25) is 4.79 Å². The maximum atomic E-state index is 12.3. The molecule has 7 heteroatoms. The number of hydrogen-bond donors (Lipinski definition) is 1. The second-order valence-corrected chi connectivity index (χ2v) is 6.67. The van der Waals surface area contributed by atoms with E-state index < -0.39 is 11.9 Å². The fourth-order valence-electron chi connectivity index (χ4n) is 2.66. The zero-order valence-corrected chi connectivity index (χ0v) is 13.1. The molecule has 1 aliphatic rings. The van der Waals surface area contributed by atoms with Gasteiger partial charge in [0.05, 0.1) is 11.3 Å². The summed E-state index contributed by atoms with van der Waals surface area (Å²) in [5.41, 5.74) is 0.218. The number of nitrogens with one attached hydrogen (secondary N) is 1. The molecule has 1 aliphatic carbocycles. The van der Waals surface area contributed by atoms with E-state index in [9.17, 15) is 18.0 Å². The number of rotatable bonds is 4. The van der Waals surface area contributed by atoms with Crippen molar-refractivity contribution in [1.29, 1.82) is 0 Å². The van der Waals surface area contributed by atoms with E-state index >= 15 is 0 Å². The lowest BCUT2D eigenvalue weighted by Gasteiger charge is -2.27. The Labute approximate surface area is 132 Å². The molecule has 1 aromatic heterocycles. The molecule has 1 amide bonds. The van der Waals surface area contributed by atoms with Gasteiger partial charge in [0, 0.05) is 12.2 Å². The Hall–Kier alpha value is -1.24. The van der Waals surface area contributed by atoms with Crippen LogP contribution in [0.1, 0.15) is 43.0 Å². The number of halogens is 3. The Morgan fingerprint density at radius 1 is 1.45 bits per heavy atom. The molecule has 0 spiro atoms. The number of aromatic nitrogens is 1. The zero-order chi connectivity index (χ0) is 16.2. The van der Waals surface area contributed by atoms with Crippen LogP contribution in [-0.2, 0) is 0 Å². The summed E-state index contributed by atoms with van der Waals surface area (Å²) in [5.74, 6) is -0.825. The van der Waals surface area contributed by atoms with E-state index in [-0.39, 0.29) is 22.5 Å². The second kappa shape index (κ2) is 7.35. The van der Waals surface area contributed by atoms with Crippen LogP contribution in [0.3, 0.4) is 0 Å². The van der Waals surface area contributed by atoms with Crippen molar-refractivity contribution in [3.63, 3.8) is 0 Å². The Bertz CT molecular complexity index is 522. The van der Waals surface area contributed by atoms with Gasteiger partial charge in [-0.1, -0.05) is 31.5 Å². The van der Waals surface area contributed by atoms with Crippen molar-refractivity contribution < 1.29 is 18.0 Å². The molecule has 0 bridgehead atoms. The number of alkyl halides is 3. The number of carbonyl (C=O) groups excluding carboxylic acids is 1. The molecule has 2 rings (SSSR count). The highest BCUT2D eigenvalue weighted by atomic mass is 32.2. The first kappa shape index (κ1) is 17.1. The van der Waals surface area contributed by atoms with Crippen molar-refractivity contribution in [2.24, 2.45) is 5.92 Å². The van der Waals surface area contributed by atoms with E-state index in [1.165, 1.54) is 12.3 Å². The van der Waals surface area contributed by atoms with Gasteiger partial charge in [0.15, 0.2) is 0 Å². The van der Waals surface area contributed by atoms with Gasteiger partial charge in [-0.25, -0.2) is 4.98 Å². The summed E-state index contributed by atoms with van der Waals surface area (Å²) in [7, 11) is 0. The number of amides is 1. The highest BCUT2D eigenvalue weighted by Crippen LogP contribution is 2.28. The molecule has 0 radical (unpaired) electrons. The molecular weight excluding hydrogens is 313 g/mol. The third-order valence-electron chi connectivity index (χ3n) is 3.66. The standard InChI is InChI=1S/C15H19F3N2OS/c1-10-4-2-5-11(8-10)20-13(21)12-6-3-7-19-14(12)22-9-15(16,17)18/h3,6-7,10-11H,2,4-5,8-9H2,1H3,(H,20,21). The van der Waals surface area contributed by atoms with Crippen molar-refractivity contribution in [2.45, 2.75) is 49.9 Å². The Kier molecular flexibility index (Phi) is 5.72. The summed E-state index contributed by atoms with van der Waals surface area (Å²) in [6.07, 6.45) is 1.17. The van der Waals surface area contributed by atoms with Crippen LogP contribution in [0, 0.1) is 5.92 Å². The van der Waals surface area contributed by atoms with E-state index in [0.29, 0.717) is 17.7 Å². The van der Waals surface area contributed by atoms with Gasteiger partial charge in [0.25, 0.3) is 5.91 Å². The van der Waals surface area contributed by atoms with E-state index in [0.717, 1.165) is 25.7 Å². The Balaban J connectivity index is 2.02. The predicted octanol–water partition coefficient (Wildman–Crippen LogP) is 4.04. The summed E-state index contributed by atoms with van der Waals surface area (Å²) >= 11 is 0.548. The first-order valence-electron chi connectivity index (χ1n) is 7.30. The number of pyridine rings is 1. The zero-order valence-electron chi connectivity index (χ0n) is 12.3. The first-order valence-corrected chi connectivity index (χ1v) is 8.29. The van der Waals surface area contributed by atoms with E-state index in [1.807, 2.05) is 0 Å². The third kappa shape index (κ3) is 5.19. The summed E-state index contributed by atoms with van der Waals surface area (Å²) in [4.78, 5) is 16.2. The van der Waals surface area contributed by atoms with Gasteiger partial charge in [-0.2, -0.15) is 13.2 Å². The maximum absolute atomic E-state index is 12.3. The molecule has 1 saturated carbocycles. The van der Waals surface area contributed by atoms with Gasteiger partial charge in [-0.05, 0) is 30.9 Å². The molecular formula is C15H19F3N2OS. The molecule has 0 saturated heterocycles. The first-order chi connectivity index (χ1) is 10.3. The third-order valence-corrected chi connectivity index (χ3v) is 4.73. The number of carbonyl (C=O) groups is 1. The molecule has 122 valence electrons. The van der Waals surface area contributed by atoms with Crippen LogP contribution in [0.25, 0.3) is 0 Å². The van der Waals surface area contributed by atoms with Crippen molar-refractivity contribution in [3.05, 3.63) is 23.9 Å². The summed E-state index contributed by atoms with van der Waals surface area (Å²) < 4.78 is 37.0. The molecule has 2 atom stereocenters. The minimum absolute atomic E-state index is 0.0944. The van der Waals surface area contributed by atoms with Crippen LogP contribution >= 0.6 is 11.8 Å². The SMILES string of the molecule is CC1CCCC(NC(=O)c2cccnc2SCC(F)(F)F)C1. The molecule has 0 aliphatic heterocycles. The van der Waals surface area contributed by atoms with Crippen molar-refractivity contribution in [3.8, 4) is 0 Å². The Morgan fingerprint density at radius 2 is 2.23 bits per heavy atom. The maximum Gasteiger partial charge on any atom is 0.398 e. The monoisotopic (exact) mass is 332 g/mol. The average molecular weight is 332 g/mol. The fraction of sp³-hybridized carbons (Fsp3) is 0.600. The van der Waals surface area contributed by atoms with Crippen LogP contribution in [0.5, 0.6) is 0 Å². The van der Waals surface area contributed by atoms with Crippen LogP contribution in [-0.4, -0.2) is 28.9 Å². The number of thioether (sulfide) groups is 1. The minimum atomic E-state index is -4.28. The molecule has 0 aromatic carbocycles. The van der Waals surface area contributed by atoms with E-state index in [4.69, 9.17) is 0 Å². The lowest BCUT2D eigenvalue weighted by molar-refractivity contribution is -0.105. The second-order valence-electron chi connectivity index (χ2n) is 5.70. The van der Waals surface area contributed by atoms with Crippen LogP contribution in [0.15, 0.2) is 23.4 Å². The van der Waals surface area contributed by atoms with Crippen LogP contribution < -0.4 is 5.32 Å². The fourth-order valence-corrected chi connectivity index (χ4v) is 3.41. The minimum Gasteiger partial charge on any atom is -0.349 e. The Morgan fingerprint density at radius 3 is 2.91 bits per heavy atom. The summed E-state index contributed by atoms with van der Waals surface area (Å²) in [6, 6.07) is 3.18. The lowest BCUT2D eigenvalue weighted by atomic mass is 9.87. The molecule has 22 heavy (non-hydrogen) atoms.